The standard InChI is InChI=1S/C14H22N4O2/c1-20-14(19)12-9-11(15)10-17-13(12)16-5-8-18-6-3-2-4-7-18/h9-10H,2-8,15H2,1H3,(H,16,17). The van der Waals surface area contributed by atoms with Crippen LogP contribution in [0.3, 0.4) is 0 Å². The normalized spacial score (nSPS) is 15.8. The van der Waals surface area contributed by atoms with Crippen molar-refractivity contribution in [1.29, 1.82) is 0 Å². The average molecular weight is 278 g/mol. The molecule has 0 bridgehead atoms. The molecular weight excluding hydrogens is 256 g/mol. The summed E-state index contributed by atoms with van der Waals surface area (Å²) in [5, 5.41) is 3.19. The molecule has 0 aromatic carbocycles. The van der Waals surface area contributed by atoms with Gasteiger partial charge in [-0.1, -0.05) is 6.42 Å². The van der Waals surface area contributed by atoms with Crippen molar-refractivity contribution in [1.82, 2.24) is 9.88 Å². The van der Waals surface area contributed by atoms with Gasteiger partial charge in [0, 0.05) is 13.1 Å². The zero-order valence-electron chi connectivity index (χ0n) is 11.9. The van der Waals surface area contributed by atoms with Crippen LogP contribution in [-0.4, -0.2) is 49.1 Å². The first-order chi connectivity index (χ1) is 9.70. The van der Waals surface area contributed by atoms with E-state index in [1.807, 2.05) is 0 Å². The van der Waals surface area contributed by atoms with E-state index in [0.29, 0.717) is 17.1 Å². The van der Waals surface area contributed by atoms with Crippen molar-refractivity contribution in [2.24, 2.45) is 0 Å². The van der Waals surface area contributed by atoms with Gasteiger partial charge < -0.3 is 20.7 Å². The predicted octanol–water partition coefficient (Wildman–Crippen LogP) is 1.35. The summed E-state index contributed by atoms with van der Waals surface area (Å²) in [6, 6.07) is 1.59. The van der Waals surface area contributed by atoms with Crippen molar-refractivity contribution in [2.75, 3.05) is 44.3 Å². The van der Waals surface area contributed by atoms with Crippen molar-refractivity contribution < 1.29 is 9.53 Å². The highest BCUT2D eigenvalue weighted by Gasteiger charge is 2.14. The number of methoxy groups -OCH3 is 1. The van der Waals surface area contributed by atoms with Crippen LogP contribution in [0, 0.1) is 0 Å². The molecule has 3 N–H and O–H groups in total. The Kier molecular flexibility index (Phi) is 5.17. The third kappa shape index (κ3) is 3.84. The van der Waals surface area contributed by atoms with Crippen molar-refractivity contribution in [2.45, 2.75) is 19.3 Å². The summed E-state index contributed by atoms with van der Waals surface area (Å²) < 4.78 is 4.74. The zero-order chi connectivity index (χ0) is 14.4. The number of nitrogens with two attached hydrogens (primary N) is 1. The van der Waals surface area contributed by atoms with Gasteiger partial charge in [0.2, 0.25) is 0 Å². The minimum atomic E-state index is -0.426. The highest BCUT2D eigenvalue weighted by atomic mass is 16.5. The van der Waals surface area contributed by atoms with Crippen LogP contribution < -0.4 is 11.1 Å². The number of nitrogens with zero attached hydrogens (tertiary/aromatic N) is 2. The van der Waals surface area contributed by atoms with Crippen LogP contribution in [0.4, 0.5) is 11.5 Å². The number of hydrogen-bond acceptors (Lipinski definition) is 6. The fourth-order valence-electron chi connectivity index (χ4n) is 2.40. The molecule has 0 spiro atoms. The number of hydrogen-bond donors (Lipinski definition) is 2. The molecule has 6 nitrogen and oxygen atoms in total. The molecule has 1 aromatic rings. The van der Waals surface area contributed by atoms with E-state index in [0.717, 1.165) is 26.2 Å². The first-order valence-corrected chi connectivity index (χ1v) is 7.01. The van der Waals surface area contributed by atoms with Gasteiger partial charge in [-0.2, -0.15) is 0 Å². The smallest absolute Gasteiger partial charge is 0.341 e. The molecule has 0 saturated carbocycles. The fraction of sp³-hybridized carbons (Fsp3) is 0.571. The Balaban J connectivity index is 1.92. The van der Waals surface area contributed by atoms with Gasteiger partial charge in [-0.3, -0.25) is 0 Å². The van der Waals surface area contributed by atoms with Crippen molar-refractivity contribution in [3.63, 3.8) is 0 Å². The van der Waals surface area contributed by atoms with Crippen LogP contribution in [-0.2, 0) is 4.74 Å². The summed E-state index contributed by atoms with van der Waals surface area (Å²) >= 11 is 0. The minimum Gasteiger partial charge on any atom is -0.465 e. The molecule has 0 unspecified atom stereocenters. The third-order valence-electron chi connectivity index (χ3n) is 3.48. The molecule has 1 aliphatic rings. The topological polar surface area (TPSA) is 80.5 Å². The van der Waals surface area contributed by atoms with E-state index in [4.69, 9.17) is 10.5 Å². The van der Waals surface area contributed by atoms with Crippen molar-refractivity contribution >= 4 is 17.5 Å². The Morgan fingerprint density at radius 2 is 2.20 bits per heavy atom. The van der Waals surface area contributed by atoms with E-state index in [9.17, 15) is 4.79 Å². The number of ether oxygens (including phenoxy) is 1. The number of likely N-dealkylation sites (tertiary alicyclic amines) is 1. The largest absolute Gasteiger partial charge is 0.465 e. The maximum Gasteiger partial charge on any atom is 0.341 e. The Hall–Kier alpha value is -1.82. The van der Waals surface area contributed by atoms with Gasteiger partial charge in [0.15, 0.2) is 0 Å². The molecule has 110 valence electrons. The van der Waals surface area contributed by atoms with Gasteiger partial charge in [-0.25, -0.2) is 9.78 Å². The summed E-state index contributed by atoms with van der Waals surface area (Å²) in [6.07, 6.45) is 5.41. The lowest BCUT2D eigenvalue weighted by Crippen LogP contribution is -2.34. The Morgan fingerprint density at radius 3 is 2.90 bits per heavy atom. The highest BCUT2D eigenvalue weighted by molar-refractivity contribution is 5.95. The van der Waals surface area contributed by atoms with Crippen LogP contribution in [0.25, 0.3) is 0 Å². The molecule has 20 heavy (non-hydrogen) atoms. The number of pyridine rings is 1. The summed E-state index contributed by atoms with van der Waals surface area (Å²) in [5.74, 6) is 0.105. The van der Waals surface area contributed by atoms with E-state index in [2.05, 4.69) is 15.2 Å². The molecule has 6 heteroatoms. The predicted molar refractivity (Wildman–Crippen MR) is 78.8 cm³/mol. The van der Waals surface area contributed by atoms with Gasteiger partial charge in [0.05, 0.1) is 19.0 Å². The number of aromatic nitrogens is 1. The minimum absolute atomic E-state index is 0.381. The van der Waals surface area contributed by atoms with Gasteiger partial charge in [-0.05, 0) is 32.0 Å². The second-order valence-electron chi connectivity index (χ2n) is 4.99. The highest BCUT2D eigenvalue weighted by Crippen LogP contribution is 2.16. The van der Waals surface area contributed by atoms with Crippen molar-refractivity contribution in [3.8, 4) is 0 Å². The SMILES string of the molecule is COC(=O)c1cc(N)cnc1NCCN1CCCCC1. The van der Waals surface area contributed by atoms with Gasteiger partial charge >= 0.3 is 5.97 Å². The summed E-state index contributed by atoms with van der Waals surface area (Å²) in [6.45, 7) is 4.01. The van der Waals surface area contributed by atoms with E-state index >= 15 is 0 Å². The lowest BCUT2D eigenvalue weighted by molar-refractivity contribution is 0.0601. The Bertz CT molecular complexity index is 458. The molecule has 0 atom stereocenters. The van der Waals surface area contributed by atoms with Crippen LogP contribution in [0.1, 0.15) is 29.6 Å². The second-order valence-corrected chi connectivity index (χ2v) is 4.99. The first-order valence-electron chi connectivity index (χ1n) is 7.01. The molecule has 0 radical (unpaired) electrons. The number of carbonyl (C=O) groups excluding carboxylic acids is 1. The Morgan fingerprint density at radius 1 is 1.45 bits per heavy atom. The van der Waals surface area contributed by atoms with E-state index in [1.54, 1.807) is 6.07 Å². The first kappa shape index (κ1) is 14.6. The van der Waals surface area contributed by atoms with Crippen LogP contribution in [0.15, 0.2) is 12.3 Å². The second kappa shape index (κ2) is 7.09. The number of nitrogen functional groups attached to an aromatic ring is 1. The van der Waals surface area contributed by atoms with E-state index < -0.39 is 5.97 Å². The quantitative estimate of drug-likeness (QED) is 0.791. The summed E-state index contributed by atoms with van der Waals surface area (Å²) in [7, 11) is 1.35. The van der Waals surface area contributed by atoms with Gasteiger partial charge in [0.1, 0.15) is 11.4 Å². The summed E-state index contributed by atoms with van der Waals surface area (Å²) in [5.41, 5.74) is 6.49. The number of piperidine rings is 1. The molecule has 2 heterocycles. The fourth-order valence-corrected chi connectivity index (χ4v) is 2.40. The monoisotopic (exact) mass is 278 g/mol. The van der Waals surface area contributed by atoms with Crippen molar-refractivity contribution in [3.05, 3.63) is 17.8 Å². The number of esters is 1. The molecular formula is C14H22N4O2. The van der Waals surface area contributed by atoms with Crippen LogP contribution in [0.5, 0.6) is 0 Å². The molecule has 1 fully saturated rings. The Labute approximate surface area is 119 Å². The number of rotatable bonds is 5. The number of anilines is 2. The van der Waals surface area contributed by atoms with Crippen LogP contribution >= 0.6 is 0 Å². The lowest BCUT2D eigenvalue weighted by Gasteiger charge is -2.26. The molecule has 0 aliphatic carbocycles. The molecule has 2 rings (SSSR count). The number of nitrogens with one attached hydrogen (secondary N) is 1. The van der Waals surface area contributed by atoms with E-state index in [-0.39, 0.29) is 0 Å². The van der Waals surface area contributed by atoms with Gasteiger partial charge in [0.25, 0.3) is 0 Å². The number of carbonyl (C=O) groups is 1. The molecule has 1 aromatic heterocycles. The summed E-state index contributed by atoms with van der Waals surface area (Å²) in [4.78, 5) is 18.3. The molecule has 1 saturated heterocycles. The van der Waals surface area contributed by atoms with Crippen LogP contribution in [0.2, 0.25) is 0 Å². The zero-order valence-corrected chi connectivity index (χ0v) is 11.9. The maximum atomic E-state index is 11.7. The third-order valence-corrected chi connectivity index (χ3v) is 3.48. The van der Waals surface area contributed by atoms with E-state index in [1.165, 1.54) is 32.6 Å². The maximum absolute atomic E-state index is 11.7. The van der Waals surface area contributed by atoms with Gasteiger partial charge in [-0.15, -0.1) is 0 Å². The lowest BCUT2D eigenvalue weighted by atomic mass is 10.1. The molecule has 0 amide bonds. The molecule has 1 aliphatic heterocycles. The average Bonchev–Trinajstić information content (AvgIpc) is 2.49.